The van der Waals surface area contributed by atoms with Crippen LogP contribution in [-0.2, 0) is 0 Å². The van der Waals surface area contributed by atoms with Crippen LogP contribution >= 0.6 is 0 Å². The summed E-state index contributed by atoms with van der Waals surface area (Å²) in [6.07, 6.45) is 3.63. The van der Waals surface area contributed by atoms with Crippen LogP contribution in [-0.4, -0.2) is 20.2 Å². The molecule has 28 heavy (non-hydrogen) atoms. The van der Waals surface area contributed by atoms with E-state index >= 15 is 0 Å². The Morgan fingerprint density at radius 1 is 0.679 bits per heavy atom. The van der Waals surface area contributed by atoms with E-state index in [4.69, 9.17) is 0 Å². The van der Waals surface area contributed by atoms with Crippen molar-refractivity contribution in [2.24, 2.45) is 0 Å². The van der Waals surface area contributed by atoms with Crippen molar-refractivity contribution >= 4 is 0 Å². The lowest BCUT2D eigenvalue weighted by molar-refractivity contribution is 0.573. The molecule has 0 atom stereocenters. The summed E-state index contributed by atoms with van der Waals surface area (Å²) in [6.45, 7) is 0. The molecule has 4 aromatic rings. The summed E-state index contributed by atoms with van der Waals surface area (Å²) in [4.78, 5) is 7.59. The lowest BCUT2D eigenvalue weighted by Crippen LogP contribution is -1.96. The van der Waals surface area contributed by atoms with Crippen LogP contribution in [0.5, 0.6) is 0 Å². The SMILES string of the molecule is Fc1cnc(-c2cc(-c3cnnc(-c4ncccc4F)c3)ccc2F)c(F)c1. The fraction of sp³-hybridized carbons (Fsp3) is 0. The van der Waals surface area contributed by atoms with Crippen LogP contribution in [0.4, 0.5) is 17.6 Å². The molecule has 4 rings (SSSR count). The third-order valence-electron chi connectivity index (χ3n) is 4.02. The van der Waals surface area contributed by atoms with E-state index in [9.17, 15) is 17.6 Å². The molecule has 0 aliphatic heterocycles. The maximum atomic E-state index is 14.3. The van der Waals surface area contributed by atoms with E-state index in [1.807, 2.05) is 0 Å². The van der Waals surface area contributed by atoms with Gasteiger partial charge in [-0.1, -0.05) is 6.07 Å². The average molecular weight is 382 g/mol. The molecular formula is C20H10F4N4. The Labute approximate surface area is 156 Å². The topological polar surface area (TPSA) is 51.6 Å². The zero-order valence-corrected chi connectivity index (χ0v) is 14.1. The van der Waals surface area contributed by atoms with Crippen molar-refractivity contribution in [1.29, 1.82) is 0 Å². The van der Waals surface area contributed by atoms with Crippen LogP contribution in [0.3, 0.4) is 0 Å². The Bertz CT molecular complexity index is 1180. The van der Waals surface area contributed by atoms with Crippen molar-refractivity contribution < 1.29 is 17.6 Å². The summed E-state index contributed by atoms with van der Waals surface area (Å²) in [6, 6.07) is 8.80. The molecule has 0 radical (unpaired) electrons. The minimum atomic E-state index is -0.986. The maximum Gasteiger partial charge on any atom is 0.152 e. The third-order valence-corrected chi connectivity index (χ3v) is 4.02. The first-order chi connectivity index (χ1) is 13.5. The molecule has 0 saturated heterocycles. The van der Waals surface area contributed by atoms with Crippen molar-refractivity contribution in [2.75, 3.05) is 0 Å². The van der Waals surface area contributed by atoms with Crippen LogP contribution in [0.15, 0.2) is 61.1 Å². The predicted molar refractivity (Wildman–Crippen MR) is 93.8 cm³/mol. The summed E-state index contributed by atoms with van der Waals surface area (Å²) in [5.74, 6) is -3.13. The summed E-state index contributed by atoms with van der Waals surface area (Å²) >= 11 is 0. The van der Waals surface area contributed by atoms with E-state index in [-0.39, 0.29) is 22.6 Å². The number of aromatic nitrogens is 4. The molecule has 4 nitrogen and oxygen atoms in total. The van der Waals surface area contributed by atoms with Crippen LogP contribution in [0.25, 0.3) is 33.8 Å². The van der Waals surface area contributed by atoms with Gasteiger partial charge in [0.2, 0.25) is 0 Å². The monoisotopic (exact) mass is 382 g/mol. The van der Waals surface area contributed by atoms with Crippen molar-refractivity contribution in [2.45, 2.75) is 0 Å². The first-order valence-corrected chi connectivity index (χ1v) is 8.08. The molecule has 0 fully saturated rings. The molecule has 0 bridgehead atoms. The molecule has 3 heterocycles. The highest BCUT2D eigenvalue weighted by molar-refractivity contribution is 5.73. The van der Waals surface area contributed by atoms with Gasteiger partial charge in [0, 0.05) is 23.4 Å². The molecule has 8 heteroatoms. The number of rotatable bonds is 3. The Hall–Kier alpha value is -3.68. The number of benzene rings is 1. The highest BCUT2D eigenvalue weighted by atomic mass is 19.1. The van der Waals surface area contributed by atoms with E-state index in [1.165, 1.54) is 42.7 Å². The minimum absolute atomic E-state index is 0.0189. The van der Waals surface area contributed by atoms with Crippen LogP contribution in [0.1, 0.15) is 0 Å². The number of pyridine rings is 2. The zero-order chi connectivity index (χ0) is 19.7. The standard InChI is InChI=1S/C20H10F4N4/c21-13-8-17(24)19(26-10-13)14-6-11(3-4-15(14)22)12-7-18(28-27-9-12)20-16(23)2-1-5-25-20/h1-10H. The Morgan fingerprint density at radius 3 is 2.32 bits per heavy atom. The third kappa shape index (κ3) is 3.32. The highest BCUT2D eigenvalue weighted by Crippen LogP contribution is 2.30. The molecule has 0 amide bonds. The molecule has 3 aromatic heterocycles. The predicted octanol–water partition coefficient (Wildman–Crippen LogP) is 4.82. The van der Waals surface area contributed by atoms with Crippen LogP contribution < -0.4 is 0 Å². The van der Waals surface area contributed by atoms with Gasteiger partial charge >= 0.3 is 0 Å². The number of hydrogen-bond acceptors (Lipinski definition) is 4. The van der Waals surface area contributed by atoms with E-state index in [0.29, 0.717) is 17.2 Å². The van der Waals surface area contributed by atoms with Gasteiger partial charge in [-0.3, -0.25) is 9.97 Å². The molecule has 138 valence electrons. The van der Waals surface area contributed by atoms with Gasteiger partial charge in [0.1, 0.15) is 28.7 Å². The van der Waals surface area contributed by atoms with Crippen molar-refractivity contribution in [3.05, 3.63) is 84.3 Å². The molecule has 0 spiro atoms. The summed E-state index contributed by atoms with van der Waals surface area (Å²) in [5.41, 5.74) is 0.697. The van der Waals surface area contributed by atoms with E-state index in [0.717, 1.165) is 12.3 Å². The lowest BCUT2D eigenvalue weighted by Gasteiger charge is -2.08. The number of halogens is 4. The Kier molecular flexibility index (Phi) is 4.52. The van der Waals surface area contributed by atoms with Gasteiger partial charge < -0.3 is 0 Å². The quantitative estimate of drug-likeness (QED) is 0.477. The lowest BCUT2D eigenvalue weighted by atomic mass is 10.0. The van der Waals surface area contributed by atoms with Crippen LogP contribution in [0.2, 0.25) is 0 Å². The summed E-state index contributed by atoms with van der Waals surface area (Å²) < 4.78 is 55.4. The van der Waals surface area contributed by atoms with Gasteiger partial charge in [-0.2, -0.15) is 5.10 Å². The maximum absolute atomic E-state index is 14.3. The van der Waals surface area contributed by atoms with Crippen molar-refractivity contribution in [1.82, 2.24) is 20.2 Å². The second-order valence-corrected chi connectivity index (χ2v) is 5.84. The van der Waals surface area contributed by atoms with Gasteiger partial charge in [-0.15, -0.1) is 5.10 Å². The molecule has 0 saturated carbocycles. The van der Waals surface area contributed by atoms with E-state index in [1.54, 1.807) is 0 Å². The molecule has 1 aromatic carbocycles. The first-order valence-electron chi connectivity index (χ1n) is 8.08. The molecular weight excluding hydrogens is 372 g/mol. The fourth-order valence-corrected chi connectivity index (χ4v) is 2.71. The Morgan fingerprint density at radius 2 is 1.54 bits per heavy atom. The van der Waals surface area contributed by atoms with Gasteiger partial charge in [0.25, 0.3) is 0 Å². The largest absolute Gasteiger partial charge is 0.251 e. The minimum Gasteiger partial charge on any atom is -0.251 e. The van der Waals surface area contributed by atoms with Gasteiger partial charge in [-0.05, 0) is 35.9 Å². The number of nitrogens with zero attached hydrogens (tertiary/aromatic N) is 4. The molecule has 0 N–H and O–H groups in total. The summed E-state index contributed by atoms with van der Waals surface area (Å²) in [5, 5.41) is 7.72. The van der Waals surface area contributed by atoms with Crippen molar-refractivity contribution in [3.8, 4) is 33.8 Å². The smallest absolute Gasteiger partial charge is 0.152 e. The highest BCUT2D eigenvalue weighted by Gasteiger charge is 2.15. The average Bonchev–Trinajstić information content (AvgIpc) is 2.69. The zero-order valence-electron chi connectivity index (χ0n) is 14.1. The van der Waals surface area contributed by atoms with Gasteiger partial charge in [0.15, 0.2) is 11.6 Å². The van der Waals surface area contributed by atoms with Gasteiger partial charge in [-0.25, -0.2) is 17.6 Å². The first kappa shape index (κ1) is 17.7. The second kappa shape index (κ2) is 7.15. The van der Waals surface area contributed by atoms with Crippen molar-refractivity contribution in [3.63, 3.8) is 0 Å². The Balaban J connectivity index is 1.81. The molecule has 0 aliphatic rings. The van der Waals surface area contributed by atoms with Gasteiger partial charge in [0.05, 0.1) is 12.4 Å². The van der Waals surface area contributed by atoms with E-state index < -0.39 is 23.3 Å². The molecule has 0 unspecified atom stereocenters. The van der Waals surface area contributed by atoms with E-state index in [2.05, 4.69) is 20.2 Å². The fourth-order valence-electron chi connectivity index (χ4n) is 2.71. The van der Waals surface area contributed by atoms with Crippen LogP contribution in [0, 0.1) is 23.3 Å². The summed E-state index contributed by atoms with van der Waals surface area (Å²) in [7, 11) is 0. The normalized spacial score (nSPS) is 10.9. The number of hydrogen-bond donors (Lipinski definition) is 0. The second-order valence-electron chi connectivity index (χ2n) is 5.84. The molecule has 0 aliphatic carbocycles.